The lowest BCUT2D eigenvalue weighted by molar-refractivity contribution is -0.108. The molecule has 0 atom stereocenters. The number of rotatable bonds is 5. The number of aldehydes is 1. The number of carbonyl (C=O) groups is 2. The maximum absolute atomic E-state index is 12.7. The van der Waals surface area contributed by atoms with E-state index >= 15 is 0 Å². The SMILES string of the molecule is CCc1c[nH]c2ncc(-c3cccc(N4CCCN(CC=O)C4=O)c3)c(Cl)c12. The van der Waals surface area contributed by atoms with Gasteiger partial charge in [-0.1, -0.05) is 30.7 Å². The molecule has 4 rings (SSSR count). The average molecular weight is 397 g/mol. The van der Waals surface area contributed by atoms with E-state index in [4.69, 9.17) is 11.6 Å². The summed E-state index contributed by atoms with van der Waals surface area (Å²) < 4.78 is 0. The predicted molar refractivity (Wildman–Crippen MR) is 111 cm³/mol. The van der Waals surface area contributed by atoms with E-state index in [0.29, 0.717) is 18.1 Å². The summed E-state index contributed by atoms with van der Waals surface area (Å²) in [5, 5.41) is 1.60. The number of aryl methyl sites for hydroxylation is 1. The second kappa shape index (κ2) is 7.64. The molecule has 2 amide bonds. The van der Waals surface area contributed by atoms with Gasteiger partial charge in [0.25, 0.3) is 0 Å². The summed E-state index contributed by atoms with van der Waals surface area (Å²) in [5.74, 6) is 0. The van der Waals surface area contributed by atoms with Crippen molar-refractivity contribution in [3.8, 4) is 11.1 Å². The number of H-pyrrole nitrogens is 1. The number of anilines is 1. The Morgan fingerprint density at radius 1 is 1.32 bits per heavy atom. The van der Waals surface area contributed by atoms with Gasteiger partial charge in [-0.2, -0.15) is 0 Å². The highest BCUT2D eigenvalue weighted by molar-refractivity contribution is 6.38. The third kappa shape index (κ3) is 3.14. The number of halogens is 1. The van der Waals surface area contributed by atoms with E-state index in [0.717, 1.165) is 52.5 Å². The van der Waals surface area contributed by atoms with Gasteiger partial charge in [0.2, 0.25) is 0 Å². The maximum atomic E-state index is 12.7. The van der Waals surface area contributed by atoms with Crippen LogP contribution in [0.5, 0.6) is 0 Å². The van der Waals surface area contributed by atoms with Crippen LogP contribution in [0.3, 0.4) is 0 Å². The topological polar surface area (TPSA) is 69.3 Å². The van der Waals surface area contributed by atoms with E-state index < -0.39 is 0 Å². The molecule has 2 aromatic heterocycles. The lowest BCUT2D eigenvalue weighted by Crippen LogP contribution is -2.50. The Hall–Kier alpha value is -2.86. The van der Waals surface area contributed by atoms with E-state index in [1.807, 2.05) is 30.5 Å². The number of aromatic amines is 1. The second-order valence-electron chi connectivity index (χ2n) is 6.83. The van der Waals surface area contributed by atoms with E-state index in [2.05, 4.69) is 16.9 Å². The number of benzene rings is 1. The standard InChI is InChI=1S/C21H21ClN4O2/c1-2-14-12-23-20-18(14)19(22)17(13-24-20)15-5-3-6-16(11-15)26-8-4-7-25(9-10-27)21(26)28/h3,5-6,10-13H,2,4,7-9H2,1H3,(H,23,24). The minimum atomic E-state index is -0.144. The van der Waals surface area contributed by atoms with Crippen LogP contribution in [0.4, 0.5) is 10.5 Å². The molecule has 6 nitrogen and oxygen atoms in total. The zero-order valence-corrected chi connectivity index (χ0v) is 16.4. The summed E-state index contributed by atoms with van der Waals surface area (Å²) >= 11 is 6.74. The van der Waals surface area contributed by atoms with Gasteiger partial charge in [0.15, 0.2) is 0 Å². The van der Waals surface area contributed by atoms with Gasteiger partial charge in [-0.3, -0.25) is 4.90 Å². The van der Waals surface area contributed by atoms with Gasteiger partial charge in [-0.25, -0.2) is 9.78 Å². The Labute approximate surface area is 168 Å². The van der Waals surface area contributed by atoms with Crippen molar-refractivity contribution in [1.29, 1.82) is 0 Å². The molecule has 0 saturated carbocycles. The van der Waals surface area contributed by atoms with Crippen molar-refractivity contribution in [3.05, 3.63) is 47.2 Å². The number of urea groups is 1. The first kappa shape index (κ1) is 18.5. The van der Waals surface area contributed by atoms with Crippen LogP contribution in [0.1, 0.15) is 18.9 Å². The first-order chi connectivity index (χ1) is 13.6. The maximum Gasteiger partial charge on any atom is 0.324 e. The Bertz CT molecular complexity index is 1050. The number of aromatic nitrogens is 2. The summed E-state index contributed by atoms with van der Waals surface area (Å²) in [6.45, 7) is 3.43. The molecule has 0 unspecified atom stereocenters. The number of fused-ring (bicyclic) bond motifs is 1. The van der Waals surface area contributed by atoms with Gasteiger partial charge in [0, 0.05) is 42.1 Å². The van der Waals surface area contributed by atoms with Gasteiger partial charge < -0.3 is 14.7 Å². The van der Waals surface area contributed by atoms with Gasteiger partial charge in [-0.15, -0.1) is 0 Å². The Morgan fingerprint density at radius 2 is 2.18 bits per heavy atom. The fraction of sp³-hybridized carbons (Fsp3) is 0.286. The number of nitrogens with one attached hydrogen (secondary N) is 1. The third-order valence-electron chi connectivity index (χ3n) is 5.18. The smallest absolute Gasteiger partial charge is 0.324 e. The summed E-state index contributed by atoms with van der Waals surface area (Å²) in [7, 11) is 0. The van der Waals surface area contributed by atoms with Crippen LogP contribution in [0.15, 0.2) is 36.7 Å². The van der Waals surface area contributed by atoms with E-state index in [9.17, 15) is 9.59 Å². The molecule has 0 spiro atoms. The molecule has 3 heterocycles. The third-order valence-corrected chi connectivity index (χ3v) is 5.57. The van der Waals surface area contributed by atoms with Crippen molar-refractivity contribution < 1.29 is 9.59 Å². The van der Waals surface area contributed by atoms with E-state index in [1.165, 1.54) is 0 Å². The van der Waals surface area contributed by atoms with Crippen molar-refractivity contribution in [3.63, 3.8) is 0 Å². The molecular weight excluding hydrogens is 376 g/mol. The Balaban J connectivity index is 1.73. The Kier molecular flexibility index (Phi) is 5.05. The molecule has 1 fully saturated rings. The van der Waals surface area contributed by atoms with Crippen molar-refractivity contribution in [2.24, 2.45) is 0 Å². The van der Waals surface area contributed by atoms with Crippen LogP contribution in [0.2, 0.25) is 5.02 Å². The minimum absolute atomic E-state index is 0.120. The number of nitrogens with zero attached hydrogens (tertiary/aromatic N) is 3. The molecule has 28 heavy (non-hydrogen) atoms. The normalized spacial score (nSPS) is 14.7. The van der Waals surface area contributed by atoms with Gasteiger partial charge >= 0.3 is 6.03 Å². The highest BCUT2D eigenvalue weighted by Gasteiger charge is 2.26. The van der Waals surface area contributed by atoms with Crippen molar-refractivity contribution >= 4 is 40.6 Å². The van der Waals surface area contributed by atoms with Crippen molar-refractivity contribution in [2.45, 2.75) is 19.8 Å². The van der Waals surface area contributed by atoms with Crippen LogP contribution >= 0.6 is 11.6 Å². The molecular formula is C21H21ClN4O2. The van der Waals surface area contributed by atoms with Crippen LogP contribution < -0.4 is 4.90 Å². The predicted octanol–water partition coefficient (Wildman–Crippen LogP) is 4.28. The first-order valence-electron chi connectivity index (χ1n) is 9.39. The summed E-state index contributed by atoms with van der Waals surface area (Å²) in [6, 6.07) is 7.59. The zero-order chi connectivity index (χ0) is 19.7. The molecule has 1 aliphatic heterocycles. The zero-order valence-electron chi connectivity index (χ0n) is 15.6. The number of amides is 2. The Morgan fingerprint density at radius 3 is 2.96 bits per heavy atom. The largest absolute Gasteiger partial charge is 0.346 e. The number of hydrogen-bond donors (Lipinski definition) is 1. The van der Waals surface area contributed by atoms with Gasteiger partial charge in [0.05, 0.1) is 11.6 Å². The monoisotopic (exact) mass is 396 g/mol. The van der Waals surface area contributed by atoms with E-state index in [-0.39, 0.29) is 12.6 Å². The summed E-state index contributed by atoms with van der Waals surface area (Å²) in [4.78, 5) is 34.5. The average Bonchev–Trinajstić information content (AvgIpc) is 3.14. The highest BCUT2D eigenvalue weighted by atomic mass is 35.5. The molecule has 0 radical (unpaired) electrons. The molecule has 1 saturated heterocycles. The fourth-order valence-corrected chi connectivity index (χ4v) is 4.09. The molecule has 1 aromatic carbocycles. The summed E-state index contributed by atoms with van der Waals surface area (Å²) in [5.41, 5.74) is 4.43. The molecule has 0 bridgehead atoms. The molecule has 0 aliphatic carbocycles. The van der Waals surface area contributed by atoms with Crippen LogP contribution in [0.25, 0.3) is 22.2 Å². The lowest BCUT2D eigenvalue weighted by atomic mass is 10.0. The molecule has 1 aliphatic rings. The molecule has 1 N–H and O–H groups in total. The highest BCUT2D eigenvalue weighted by Crippen LogP contribution is 2.36. The van der Waals surface area contributed by atoms with Crippen LogP contribution in [-0.4, -0.2) is 46.8 Å². The quantitative estimate of drug-likeness (QED) is 0.654. The summed E-state index contributed by atoms with van der Waals surface area (Å²) in [6.07, 6.45) is 6.15. The van der Waals surface area contributed by atoms with Gasteiger partial charge in [0.1, 0.15) is 11.9 Å². The van der Waals surface area contributed by atoms with E-state index in [1.54, 1.807) is 16.0 Å². The molecule has 3 aromatic rings. The number of carbonyl (C=O) groups excluding carboxylic acids is 2. The van der Waals surface area contributed by atoms with Crippen LogP contribution in [-0.2, 0) is 11.2 Å². The lowest BCUT2D eigenvalue weighted by Gasteiger charge is -2.34. The number of pyridine rings is 1. The first-order valence-corrected chi connectivity index (χ1v) is 9.76. The molecule has 144 valence electrons. The molecule has 7 heteroatoms. The number of hydrogen-bond acceptors (Lipinski definition) is 3. The van der Waals surface area contributed by atoms with Crippen LogP contribution in [0, 0.1) is 0 Å². The van der Waals surface area contributed by atoms with Crippen molar-refractivity contribution in [2.75, 3.05) is 24.5 Å². The second-order valence-corrected chi connectivity index (χ2v) is 7.21. The van der Waals surface area contributed by atoms with Crippen molar-refractivity contribution in [1.82, 2.24) is 14.9 Å². The fourth-order valence-electron chi connectivity index (χ4n) is 3.72. The van der Waals surface area contributed by atoms with Gasteiger partial charge in [-0.05, 0) is 36.1 Å². The minimum Gasteiger partial charge on any atom is -0.346 e.